The summed E-state index contributed by atoms with van der Waals surface area (Å²) in [4.78, 5) is 0. The zero-order valence-corrected chi connectivity index (χ0v) is 10.7. The van der Waals surface area contributed by atoms with Gasteiger partial charge in [0.25, 0.3) is 0 Å². The molecule has 1 aliphatic heterocycles. The summed E-state index contributed by atoms with van der Waals surface area (Å²) >= 11 is 5.79. The fourth-order valence-corrected chi connectivity index (χ4v) is 2.15. The van der Waals surface area contributed by atoms with Crippen LogP contribution in [0.25, 0.3) is 0 Å². The second-order valence-electron chi connectivity index (χ2n) is 3.91. The molecule has 1 fully saturated rings. The Bertz CT molecular complexity index is 386. The van der Waals surface area contributed by atoms with Crippen LogP contribution in [0.1, 0.15) is 11.8 Å². The maximum Gasteiger partial charge on any atom is 0.221 e. The molecule has 0 aromatic heterocycles. The van der Waals surface area contributed by atoms with Crippen LogP contribution >= 0.6 is 11.6 Å². The predicted octanol–water partition coefficient (Wildman–Crippen LogP) is 0.903. The Kier molecular flexibility index (Phi) is 4.10. The first-order valence-corrected chi connectivity index (χ1v) is 6.08. The topological polar surface area (TPSA) is 44.3 Å². The van der Waals surface area contributed by atoms with E-state index in [9.17, 15) is 0 Å². The Labute approximate surface area is 106 Å². The van der Waals surface area contributed by atoms with Crippen molar-refractivity contribution < 1.29 is 19.5 Å². The number of hydrogen-bond donors (Lipinski definition) is 1. The van der Waals surface area contributed by atoms with Crippen molar-refractivity contribution in [2.45, 2.75) is 12.3 Å². The minimum Gasteiger partial charge on any atom is -0.497 e. The zero-order valence-electron chi connectivity index (χ0n) is 9.98. The molecule has 0 spiro atoms. The van der Waals surface area contributed by atoms with Crippen LogP contribution in [0.15, 0.2) is 18.2 Å². The fraction of sp³-hybridized carbons (Fsp3) is 0.500. The maximum atomic E-state index is 5.80. The third kappa shape index (κ3) is 2.65. The van der Waals surface area contributed by atoms with Crippen LogP contribution in [-0.4, -0.2) is 32.7 Å². The van der Waals surface area contributed by atoms with Gasteiger partial charge in [0.15, 0.2) is 0 Å². The highest BCUT2D eigenvalue weighted by Crippen LogP contribution is 2.30. The van der Waals surface area contributed by atoms with Crippen LogP contribution in [0.4, 0.5) is 0 Å². The number of quaternary nitrogens is 1. The molecule has 0 unspecified atom stereocenters. The van der Waals surface area contributed by atoms with Gasteiger partial charge in [-0.3, -0.25) is 0 Å². The SMILES string of the molecule is COc1ccc([C@H]2[NH2+]C[C@@H](CCl)O2)c(OC)c1. The molecule has 1 aromatic carbocycles. The summed E-state index contributed by atoms with van der Waals surface area (Å²) in [6.45, 7) is 0.878. The lowest BCUT2D eigenvalue weighted by molar-refractivity contribution is -0.698. The molecule has 1 aliphatic rings. The van der Waals surface area contributed by atoms with E-state index in [0.29, 0.717) is 5.88 Å². The molecule has 0 bridgehead atoms. The van der Waals surface area contributed by atoms with Gasteiger partial charge in [0.05, 0.1) is 25.7 Å². The van der Waals surface area contributed by atoms with Crippen LogP contribution in [0, 0.1) is 0 Å². The molecule has 94 valence electrons. The van der Waals surface area contributed by atoms with Crippen molar-refractivity contribution in [3.8, 4) is 11.5 Å². The van der Waals surface area contributed by atoms with Crippen molar-refractivity contribution in [3.05, 3.63) is 23.8 Å². The number of benzene rings is 1. The van der Waals surface area contributed by atoms with Crippen molar-refractivity contribution in [1.82, 2.24) is 0 Å². The number of rotatable bonds is 4. The quantitative estimate of drug-likeness (QED) is 0.817. The number of ether oxygens (including phenoxy) is 3. The molecule has 17 heavy (non-hydrogen) atoms. The van der Waals surface area contributed by atoms with Gasteiger partial charge in [0.1, 0.15) is 24.1 Å². The number of methoxy groups -OCH3 is 2. The highest BCUT2D eigenvalue weighted by Gasteiger charge is 2.31. The summed E-state index contributed by atoms with van der Waals surface area (Å²) in [6.07, 6.45) is 0.0630. The molecule has 5 heteroatoms. The molecule has 2 N–H and O–H groups in total. The van der Waals surface area contributed by atoms with Gasteiger partial charge in [-0.25, -0.2) is 0 Å². The van der Waals surface area contributed by atoms with Gasteiger partial charge in [-0.05, 0) is 12.1 Å². The van der Waals surface area contributed by atoms with Crippen LogP contribution in [0.3, 0.4) is 0 Å². The van der Waals surface area contributed by atoms with Crippen LogP contribution in [0.5, 0.6) is 11.5 Å². The van der Waals surface area contributed by atoms with Crippen molar-refractivity contribution >= 4 is 11.6 Å². The first-order valence-electron chi connectivity index (χ1n) is 5.55. The smallest absolute Gasteiger partial charge is 0.221 e. The van der Waals surface area contributed by atoms with E-state index >= 15 is 0 Å². The molecule has 2 atom stereocenters. The molecular weight excluding hydrogens is 242 g/mol. The normalized spacial score (nSPS) is 23.7. The van der Waals surface area contributed by atoms with E-state index in [0.717, 1.165) is 23.6 Å². The number of alkyl halides is 1. The Balaban J connectivity index is 2.20. The Morgan fingerprint density at radius 2 is 2.24 bits per heavy atom. The van der Waals surface area contributed by atoms with Gasteiger partial charge >= 0.3 is 0 Å². The van der Waals surface area contributed by atoms with Gasteiger partial charge in [-0.15, -0.1) is 11.6 Å². The van der Waals surface area contributed by atoms with Crippen LogP contribution in [0.2, 0.25) is 0 Å². The van der Waals surface area contributed by atoms with E-state index < -0.39 is 0 Å². The highest BCUT2D eigenvalue weighted by molar-refractivity contribution is 6.18. The number of hydrogen-bond acceptors (Lipinski definition) is 3. The highest BCUT2D eigenvalue weighted by atomic mass is 35.5. The lowest BCUT2D eigenvalue weighted by atomic mass is 10.1. The molecule has 0 radical (unpaired) electrons. The summed E-state index contributed by atoms with van der Waals surface area (Å²) in [7, 11) is 3.28. The van der Waals surface area contributed by atoms with Crippen molar-refractivity contribution in [2.24, 2.45) is 0 Å². The first-order chi connectivity index (χ1) is 8.28. The Hall–Kier alpha value is -0.970. The maximum absolute atomic E-state index is 5.80. The molecule has 0 aliphatic carbocycles. The zero-order chi connectivity index (χ0) is 12.3. The molecule has 2 rings (SSSR count). The minimum absolute atomic E-state index is 0.0420. The van der Waals surface area contributed by atoms with Gasteiger partial charge in [-0.2, -0.15) is 0 Å². The van der Waals surface area contributed by atoms with E-state index in [1.165, 1.54) is 0 Å². The molecule has 1 aromatic rings. The summed E-state index contributed by atoms with van der Waals surface area (Å²) in [5.74, 6) is 2.07. The Morgan fingerprint density at radius 1 is 1.41 bits per heavy atom. The number of nitrogens with two attached hydrogens (primary N) is 1. The fourth-order valence-electron chi connectivity index (χ4n) is 1.95. The summed E-state index contributed by atoms with van der Waals surface area (Å²) in [6, 6.07) is 5.74. The van der Waals surface area contributed by atoms with E-state index in [-0.39, 0.29) is 12.3 Å². The van der Waals surface area contributed by atoms with E-state index in [2.05, 4.69) is 5.32 Å². The third-order valence-electron chi connectivity index (χ3n) is 2.87. The predicted molar refractivity (Wildman–Crippen MR) is 64.7 cm³/mol. The standard InChI is InChI=1S/C12H16ClNO3/c1-15-8-3-4-10(11(5-8)16-2)12-14-7-9(6-13)17-12/h3-5,9,12,14H,6-7H2,1-2H3/p+1/t9-,12+/m1/s1. The van der Waals surface area contributed by atoms with Gasteiger partial charge in [0, 0.05) is 6.07 Å². The number of halogens is 1. The second-order valence-corrected chi connectivity index (χ2v) is 4.22. The molecular formula is C12H17ClNO3+. The monoisotopic (exact) mass is 258 g/mol. The van der Waals surface area contributed by atoms with Crippen molar-refractivity contribution in [1.29, 1.82) is 0 Å². The second kappa shape index (κ2) is 5.58. The summed E-state index contributed by atoms with van der Waals surface area (Å²) in [5.41, 5.74) is 1.01. The lowest BCUT2D eigenvalue weighted by Gasteiger charge is -2.13. The van der Waals surface area contributed by atoms with Gasteiger partial charge < -0.3 is 19.5 Å². The van der Waals surface area contributed by atoms with E-state index in [1.807, 2.05) is 18.2 Å². The average molecular weight is 259 g/mol. The minimum atomic E-state index is -0.0420. The Morgan fingerprint density at radius 3 is 2.82 bits per heavy atom. The molecule has 4 nitrogen and oxygen atoms in total. The third-order valence-corrected chi connectivity index (χ3v) is 3.22. The first kappa shape index (κ1) is 12.5. The lowest BCUT2D eigenvalue weighted by Crippen LogP contribution is -2.82. The van der Waals surface area contributed by atoms with Crippen molar-refractivity contribution in [2.75, 3.05) is 26.6 Å². The summed E-state index contributed by atoms with van der Waals surface area (Å²) in [5, 5.41) is 2.12. The van der Waals surface area contributed by atoms with Gasteiger partial charge in [0.2, 0.25) is 6.23 Å². The largest absolute Gasteiger partial charge is 0.497 e. The molecule has 1 saturated heterocycles. The van der Waals surface area contributed by atoms with Crippen LogP contribution < -0.4 is 14.8 Å². The molecule has 0 amide bonds. The van der Waals surface area contributed by atoms with Crippen LogP contribution in [-0.2, 0) is 4.74 Å². The van der Waals surface area contributed by atoms with E-state index in [4.69, 9.17) is 25.8 Å². The van der Waals surface area contributed by atoms with Gasteiger partial charge in [-0.1, -0.05) is 0 Å². The summed E-state index contributed by atoms with van der Waals surface area (Å²) < 4.78 is 16.3. The molecule has 1 heterocycles. The average Bonchev–Trinajstić information content (AvgIpc) is 2.86. The molecule has 0 saturated carbocycles. The van der Waals surface area contributed by atoms with E-state index in [1.54, 1.807) is 14.2 Å². The van der Waals surface area contributed by atoms with Crippen molar-refractivity contribution in [3.63, 3.8) is 0 Å².